The number of hydrogen-bond donors (Lipinski definition) is 1. The van der Waals surface area contributed by atoms with Gasteiger partial charge in [0.25, 0.3) is 0 Å². The Morgan fingerprint density at radius 1 is 1.03 bits per heavy atom. The quantitative estimate of drug-likeness (QED) is 0.526. The Morgan fingerprint density at radius 3 is 2.44 bits per heavy atom. The summed E-state index contributed by atoms with van der Waals surface area (Å²) in [6.07, 6.45) is 3.41. The fourth-order valence-corrected chi connectivity index (χ4v) is 3.55. The molecule has 0 radical (unpaired) electrons. The molecule has 1 aliphatic heterocycles. The van der Waals surface area contributed by atoms with E-state index in [1.807, 2.05) is 44.2 Å². The van der Waals surface area contributed by atoms with Crippen LogP contribution in [0.2, 0.25) is 10.0 Å². The summed E-state index contributed by atoms with van der Waals surface area (Å²) in [4.78, 5) is 28.4. The van der Waals surface area contributed by atoms with Gasteiger partial charge in [-0.3, -0.25) is 4.79 Å². The van der Waals surface area contributed by atoms with E-state index in [-0.39, 0.29) is 18.0 Å². The van der Waals surface area contributed by atoms with Gasteiger partial charge in [-0.15, -0.1) is 0 Å². The monoisotopic (exact) mass is 469 g/mol. The summed E-state index contributed by atoms with van der Waals surface area (Å²) < 4.78 is 0. The van der Waals surface area contributed by atoms with Crippen molar-refractivity contribution in [1.82, 2.24) is 15.1 Å². The van der Waals surface area contributed by atoms with E-state index in [1.165, 1.54) is 0 Å². The van der Waals surface area contributed by atoms with E-state index in [0.29, 0.717) is 36.2 Å². The Bertz CT molecular complexity index is 1080. The van der Waals surface area contributed by atoms with Crippen molar-refractivity contribution in [3.63, 3.8) is 0 Å². The van der Waals surface area contributed by atoms with Gasteiger partial charge < -0.3 is 15.1 Å². The Balaban J connectivity index is 1.47. The first-order valence-corrected chi connectivity index (χ1v) is 11.1. The van der Waals surface area contributed by atoms with Crippen LogP contribution in [0.4, 0.5) is 4.79 Å². The van der Waals surface area contributed by atoms with Crippen molar-refractivity contribution < 1.29 is 9.59 Å². The number of carbonyl (C=O) groups is 2. The van der Waals surface area contributed by atoms with Crippen LogP contribution in [-0.2, 0) is 4.79 Å². The Morgan fingerprint density at radius 2 is 1.75 bits per heavy atom. The molecular weight excluding hydrogens is 445 g/mol. The van der Waals surface area contributed by atoms with E-state index in [0.717, 1.165) is 16.7 Å². The molecule has 0 bridgehead atoms. The largest absolute Gasteiger partial charge is 0.336 e. The fourth-order valence-electron chi connectivity index (χ4n) is 3.25. The molecule has 3 amide bonds. The number of aryl methyl sites for hydroxylation is 1. The smallest absolute Gasteiger partial charge is 0.318 e. The van der Waals surface area contributed by atoms with E-state index in [1.54, 1.807) is 34.1 Å². The second-order valence-electron chi connectivity index (χ2n) is 7.63. The molecule has 1 fully saturated rings. The number of urea groups is 1. The summed E-state index contributed by atoms with van der Waals surface area (Å²) in [5.41, 5.74) is 2.87. The van der Waals surface area contributed by atoms with Crippen LogP contribution < -0.4 is 5.32 Å². The molecule has 3 rings (SSSR count). The lowest BCUT2D eigenvalue weighted by atomic mass is 10.1. The minimum Gasteiger partial charge on any atom is -0.336 e. The number of rotatable bonds is 3. The maximum absolute atomic E-state index is 12.5. The average Bonchev–Trinajstić information content (AvgIpc) is 2.78. The average molecular weight is 470 g/mol. The summed E-state index contributed by atoms with van der Waals surface area (Å²) in [6, 6.07) is 12.6. The topological polar surface area (TPSA) is 52.7 Å². The molecule has 0 aliphatic carbocycles. The molecule has 1 unspecified atom stereocenters. The molecule has 0 spiro atoms. The van der Waals surface area contributed by atoms with Gasteiger partial charge in [-0.2, -0.15) is 0 Å². The Hall–Kier alpha value is -2.94. The number of piperazine rings is 1. The normalized spacial score (nSPS) is 14.6. The third-order valence-corrected chi connectivity index (χ3v) is 5.77. The summed E-state index contributed by atoms with van der Waals surface area (Å²) in [5, 5.41) is 3.79. The lowest BCUT2D eigenvalue weighted by molar-refractivity contribution is -0.127. The maximum Gasteiger partial charge on any atom is 0.318 e. The van der Waals surface area contributed by atoms with Crippen molar-refractivity contribution in [2.75, 3.05) is 26.2 Å². The number of benzene rings is 2. The van der Waals surface area contributed by atoms with Crippen LogP contribution in [0.5, 0.6) is 0 Å². The fraction of sp³-hybridized carbons (Fsp3) is 0.280. The summed E-state index contributed by atoms with van der Waals surface area (Å²) in [7, 11) is 0. The van der Waals surface area contributed by atoms with E-state index >= 15 is 0 Å². The number of halogens is 2. The molecule has 1 saturated heterocycles. The SMILES string of the molecule is Cc1cccc(/C=C/C(=O)N2CCN(C(=O)NC(C)C#Cc3ccc(Cl)c(Cl)c3)CC2)c1. The molecule has 7 heteroatoms. The third kappa shape index (κ3) is 6.78. The summed E-state index contributed by atoms with van der Waals surface area (Å²) in [6.45, 7) is 5.77. The standard InChI is InChI=1S/C25H25Cl2N3O2/c1-18-4-3-5-20(16-18)9-11-24(31)29-12-14-30(15-13-29)25(32)28-19(2)6-7-21-8-10-22(26)23(27)17-21/h3-5,8-11,16-17,19H,12-15H2,1-2H3,(H,28,32)/b11-9+. The van der Waals surface area contributed by atoms with Crippen LogP contribution in [0.15, 0.2) is 48.5 Å². The number of nitrogens with one attached hydrogen (secondary N) is 1. The molecule has 2 aromatic carbocycles. The molecule has 1 aliphatic rings. The van der Waals surface area contributed by atoms with Gasteiger partial charge in [0.2, 0.25) is 5.91 Å². The van der Waals surface area contributed by atoms with Gasteiger partial charge in [0.15, 0.2) is 0 Å². The van der Waals surface area contributed by atoms with Crippen LogP contribution in [-0.4, -0.2) is 54.0 Å². The molecule has 1 heterocycles. The lowest BCUT2D eigenvalue weighted by Crippen LogP contribution is -2.54. The first-order valence-electron chi connectivity index (χ1n) is 10.4. The van der Waals surface area contributed by atoms with Crippen molar-refractivity contribution in [3.8, 4) is 11.8 Å². The first kappa shape index (κ1) is 23.7. The van der Waals surface area contributed by atoms with Gasteiger partial charge >= 0.3 is 6.03 Å². The predicted octanol–water partition coefficient (Wildman–Crippen LogP) is 4.61. The minimum absolute atomic E-state index is 0.0487. The molecule has 0 aromatic heterocycles. The highest BCUT2D eigenvalue weighted by Crippen LogP contribution is 2.22. The molecule has 5 nitrogen and oxygen atoms in total. The van der Waals surface area contributed by atoms with Gasteiger partial charge in [-0.25, -0.2) is 4.79 Å². The zero-order valence-electron chi connectivity index (χ0n) is 18.1. The molecule has 1 N–H and O–H groups in total. The van der Waals surface area contributed by atoms with E-state index < -0.39 is 0 Å². The van der Waals surface area contributed by atoms with Crippen LogP contribution in [0, 0.1) is 18.8 Å². The van der Waals surface area contributed by atoms with Crippen LogP contribution >= 0.6 is 23.2 Å². The molecular formula is C25H25Cl2N3O2. The lowest BCUT2D eigenvalue weighted by Gasteiger charge is -2.34. The van der Waals surface area contributed by atoms with Crippen molar-refractivity contribution in [3.05, 3.63) is 75.3 Å². The van der Waals surface area contributed by atoms with Gasteiger partial charge in [0, 0.05) is 37.8 Å². The van der Waals surface area contributed by atoms with Crippen LogP contribution in [0.25, 0.3) is 6.08 Å². The van der Waals surface area contributed by atoms with Crippen LogP contribution in [0.1, 0.15) is 23.6 Å². The van der Waals surface area contributed by atoms with E-state index in [4.69, 9.17) is 23.2 Å². The summed E-state index contributed by atoms with van der Waals surface area (Å²) in [5.74, 6) is 5.93. The van der Waals surface area contributed by atoms with Crippen molar-refractivity contribution >= 4 is 41.2 Å². The number of hydrogen-bond acceptors (Lipinski definition) is 2. The second-order valence-corrected chi connectivity index (χ2v) is 8.44. The molecule has 0 saturated carbocycles. The Labute approximate surface area is 199 Å². The van der Waals surface area contributed by atoms with Gasteiger partial charge in [-0.1, -0.05) is 64.9 Å². The number of nitrogens with zero attached hydrogens (tertiary/aromatic N) is 2. The van der Waals surface area contributed by atoms with E-state index in [2.05, 4.69) is 17.2 Å². The molecule has 1 atom stereocenters. The van der Waals surface area contributed by atoms with Gasteiger partial charge in [0.1, 0.15) is 0 Å². The molecule has 2 aromatic rings. The summed E-state index contributed by atoms with van der Waals surface area (Å²) >= 11 is 11.9. The predicted molar refractivity (Wildman–Crippen MR) is 130 cm³/mol. The second kappa shape index (κ2) is 11.1. The van der Waals surface area contributed by atoms with E-state index in [9.17, 15) is 9.59 Å². The highest BCUT2D eigenvalue weighted by molar-refractivity contribution is 6.42. The first-order chi connectivity index (χ1) is 15.3. The zero-order chi connectivity index (χ0) is 23.1. The van der Waals surface area contributed by atoms with Crippen molar-refractivity contribution in [2.24, 2.45) is 0 Å². The molecule has 32 heavy (non-hydrogen) atoms. The number of carbonyl (C=O) groups excluding carboxylic acids is 2. The number of amides is 3. The van der Waals surface area contributed by atoms with Crippen molar-refractivity contribution in [1.29, 1.82) is 0 Å². The van der Waals surface area contributed by atoms with Gasteiger partial charge in [0.05, 0.1) is 16.1 Å². The third-order valence-electron chi connectivity index (χ3n) is 5.03. The Kier molecular flexibility index (Phi) is 8.21. The molecule has 166 valence electrons. The highest BCUT2D eigenvalue weighted by Gasteiger charge is 2.23. The maximum atomic E-state index is 12.5. The zero-order valence-corrected chi connectivity index (χ0v) is 19.6. The van der Waals surface area contributed by atoms with Crippen molar-refractivity contribution in [2.45, 2.75) is 19.9 Å². The highest BCUT2D eigenvalue weighted by atomic mass is 35.5. The minimum atomic E-state index is -0.339. The van der Waals surface area contributed by atoms with Gasteiger partial charge in [-0.05, 0) is 43.7 Å². The van der Waals surface area contributed by atoms with Crippen LogP contribution in [0.3, 0.4) is 0 Å².